The summed E-state index contributed by atoms with van der Waals surface area (Å²) in [6, 6.07) is 18.0. The van der Waals surface area contributed by atoms with Crippen molar-refractivity contribution in [2.24, 2.45) is 0 Å². The number of hydrogen-bond donors (Lipinski definition) is 1. The third-order valence-corrected chi connectivity index (χ3v) is 4.20. The molecule has 0 aliphatic carbocycles. The summed E-state index contributed by atoms with van der Waals surface area (Å²) in [5.74, 6) is 0.950. The molecule has 2 rings (SSSR count). The van der Waals surface area contributed by atoms with Gasteiger partial charge in [0, 0.05) is 21.7 Å². The van der Waals surface area contributed by atoms with Crippen molar-refractivity contribution in [2.45, 2.75) is 11.3 Å². The van der Waals surface area contributed by atoms with Gasteiger partial charge in [0.05, 0.1) is 6.42 Å². The third kappa shape index (κ3) is 5.39. The molecule has 0 unspecified atom stereocenters. The van der Waals surface area contributed by atoms with Gasteiger partial charge in [-0.1, -0.05) is 46.3 Å². The molecule has 0 aliphatic rings. The summed E-state index contributed by atoms with van der Waals surface area (Å²) in [4.78, 5) is 13.0. The zero-order chi connectivity index (χ0) is 14.2. The second-order valence-corrected chi connectivity index (χ2v) is 6.40. The van der Waals surface area contributed by atoms with Gasteiger partial charge in [0.2, 0.25) is 5.91 Å². The van der Waals surface area contributed by atoms with E-state index in [0.717, 1.165) is 15.8 Å². The van der Waals surface area contributed by atoms with Crippen LogP contribution in [0.2, 0.25) is 0 Å². The average Bonchev–Trinajstić information content (AvgIpc) is 2.45. The van der Waals surface area contributed by atoms with Gasteiger partial charge in [-0.15, -0.1) is 11.8 Å². The van der Waals surface area contributed by atoms with Crippen LogP contribution in [0.3, 0.4) is 0 Å². The topological polar surface area (TPSA) is 29.1 Å². The predicted octanol–water partition coefficient (Wildman–Crippen LogP) is 3.90. The van der Waals surface area contributed by atoms with Gasteiger partial charge in [-0.05, 0) is 29.8 Å². The Bertz CT molecular complexity index is 559. The van der Waals surface area contributed by atoms with E-state index in [2.05, 4.69) is 33.4 Å². The van der Waals surface area contributed by atoms with E-state index in [1.165, 1.54) is 4.90 Å². The van der Waals surface area contributed by atoms with Crippen LogP contribution in [0.25, 0.3) is 0 Å². The van der Waals surface area contributed by atoms with E-state index in [9.17, 15) is 4.79 Å². The molecule has 1 N–H and O–H groups in total. The van der Waals surface area contributed by atoms with Crippen molar-refractivity contribution in [2.75, 3.05) is 12.3 Å². The summed E-state index contributed by atoms with van der Waals surface area (Å²) in [6.07, 6.45) is 0.426. The van der Waals surface area contributed by atoms with Crippen LogP contribution in [-0.4, -0.2) is 18.2 Å². The highest BCUT2D eigenvalue weighted by atomic mass is 79.9. The molecule has 2 aromatic rings. The fourth-order valence-electron chi connectivity index (χ4n) is 1.77. The lowest BCUT2D eigenvalue weighted by molar-refractivity contribution is -0.120. The second kappa shape index (κ2) is 8.12. The van der Waals surface area contributed by atoms with Crippen molar-refractivity contribution in [3.63, 3.8) is 0 Å². The molecule has 0 saturated carbocycles. The maximum absolute atomic E-state index is 11.8. The fourth-order valence-corrected chi connectivity index (χ4v) is 3.01. The standard InChI is InChI=1S/C16H16BrNOS/c17-14-6-4-5-13(11-14)12-16(19)18-9-10-20-15-7-2-1-3-8-15/h1-8,11H,9-10,12H2,(H,18,19). The third-order valence-electron chi connectivity index (χ3n) is 2.69. The molecule has 0 spiro atoms. The van der Waals surface area contributed by atoms with Crippen LogP contribution in [0.4, 0.5) is 0 Å². The number of thioether (sulfide) groups is 1. The number of carbonyl (C=O) groups excluding carboxylic acids is 1. The van der Waals surface area contributed by atoms with Crippen LogP contribution in [0.1, 0.15) is 5.56 Å². The maximum atomic E-state index is 11.8. The molecule has 0 heterocycles. The van der Waals surface area contributed by atoms with Crippen molar-refractivity contribution in [1.29, 1.82) is 0 Å². The molecule has 1 amide bonds. The average molecular weight is 350 g/mol. The highest BCUT2D eigenvalue weighted by Gasteiger charge is 2.03. The van der Waals surface area contributed by atoms with Crippen LogP contribution in [0.5, 0.6) is 0 Å². The van der Waals surface area contributed by atoms with Gasteiger partial charge in [0.15, 0.2) is 0 Å². The zero-order valence-electron chi connectivity index (χ0n) is 11.0. The Morgan fingerprint density at radius 1 is 1.10 bits per heavy atom. The van der Waals surface area contributed by atoms with Gasteiger partial charge >= 0.3 is 0 Å². The Kier molecular flexibility index (Phi) is 6.15. The van der Waals surface area contributed by atoms with E-state index < -0.39 is 0 Å². The van der Waals surface area contributed by atoms with Gasteiger partial charge in [-0.3, -0.25) is 4.79 Å². The van der Waals surface area contributed by atoms with Gasteiger partial charge in [0.1, 0.15) is 0 Å². The first-order valence-corrected chi connectivity index (χ1v) is 8.21. The number of halogens is 1. The Morgan fingerprint density at radius 2 is 1.90 bits per heavy atom. The van der Waals surface area contributed by atoms with Gasteiger partial charge in [-0.25, -0.2) is 0 Å². The van der Waals surface area contributed by atoms with Crippen LogP contribution in [0, 0.1) is 0 Å². The van der Waals surface area contributed by atoms with E-state index in [1.807, 2.05) is 42.5 Å². The number of rotatable bonds is 6. The minimum Gasteiger partial charge on any atom is -0.355 e. The molecule has 0 aromatic heterocycles. The molecular weight excluding hydrogens is 334 g/mol. The lowest BCUT2D eigenvalue weighted by Gasteiger charge is -2.05. The highest BCUT2D eigenvalue weighted by Crippen LogP contribution is 2.16. The first-order valence-electron chi connectivity index (χ1n) is 6.43. The molecule has 104 valence electrons. The largest absolute Gasteiger partial charge is 0.355 e. The molecule has 2 aromatic carbocycles. The minimum absolute atomic E-state index is 0.0664. The zero-order valence-corrected chi connectivity index (χ0v) is 13.4. The Morgan fingerprint density at radius 3 is 2.65 bits per heavy atom. The first-order chi connectivity index (χ1) is 9.74. The number of nitrogens with one attached hydrogen (secondary N) is 1. The quantitative estimate of drug-likeness (QED) is 0.632. The van der Waals surface area contributed by atoms with Crippen LogP contribution >= 0.6 is 27.7 Å². The number of hydrogen-bond acceptors (Lipinski definition) is 2. The SMILES string of the molecule is O=C(Cc1cccc(Br)c1)NCCSc1ccccc1. The van der Waals surface area contributed by atoms with Crippen molar-refractivity contribution in [3.8, 4) is 0 Å². The van der Waals surface area contributed by atoms with Crippen LogP contribution < -0.4 is 5.32 Å². The molecule has 20 heavy (non-hydrogen) atoms. The molecule has 0 saturated heterocycles. The van der Waals surface area contributed by atoms with Crippen molar-refractivity contribution in [1.82, 2.24) is 5.32 Å². The van der Waals surface area contributed by atoms with E-state index in [1.54, 1.807) is 11.8 Å². The van der Waals surface area contributed by atoms with E-state index >= 15 is 0 Å². The number of carbonyl (C=O) groups is 1. The van der Waals surface area contributed by atoms with Crippen molar-refractivity contribution < 1.29 is 4.79 Å². The summed E-state index contributed by atoms with van der Waals surface area (Å²) >= 11 is 5.16. The molecular formula is C16H16BrNOS. The van der Waals surface area contributed by atoms with Gasteiger partial charge in [-0.2, -0.15) is 0 Å². The van der Waals surface area contributed by atoms with E-state index in [0.29, 0.717) is 13.0 Å². The number of amides is 1. The van der Waals surface area contributed by atoms with Crippen LogP contribution in [-0.2, 0) is 11.2 Å². The Labute approximate surface area is 132 Å². The molecule has 0 bridgehead atoms. The van der Waals surface area contributed by atoms with Crippen molar-refractivity contribution in [3.05, 3.63) is 64.6 Å². The molecule has 0 radical (unpaired) electrons. The summed E-state index contributed by atoms with van der Waals surface area (Å²) in [5.41, 5.74) is 1.02. The molecule has 0 atom stereocenters. The van der Waals surface area contributed by atoms with Gasteiger partial charge in [0.25, 0.3) is 0 Å². The van der Waals surface area contributed by atoms with E-state index in [-0.39, 0.29) is 5.91 Å². The Balaban J connectivity index is 1.68. The summed E-state index contributed by atoms with van der Waals surface area (Å²) in [6.45, 7) is 0.687. The normalized spacial score (nSPS) is 10.2. The summed E-state index contributed by atoms with van der Waals surface area (Å²) in [5, 5.41) is 2.95. The van der Waals surface area contributed by atoms with E-state index in [4.69, 9.17) is 0 Å². The molecule has 0 fully saturated rings. The number of benzene rings is 2. The molecule has 4 heteroatoms. The predicted molar refractivity (Wildman–Crippen MR) is 88.0 cm³/mol. The second-order valence-electron chi connectivity index (χ2n) is 4.32. The smallest absolute Gasteiger partial charge is 0.224 e. The summed E-state index contributed by atoms with van der Waals surface area (Å²) < 4.78 is 1.00. The maximum Gasteiger partial charge on any atom is 0.224 e. The highest BCUT2D eigenvalue weighted by molar-refractivity contribution is 9.10. The lowest BCUT2D eigenvalue weighted by atomic mass is 10.1. The van der Waals surface area contributed by atoms with Crippen molar-refractivity contribution >= 4 is 33.6 Å². The lowest BCUT2D eigenvalue weighted by Crippen LogP contribution is -2.27. The Hall–Kier alpha value is -1.26. The minimum atomic E-state index is 0.0664. The fraction of sp³-hybridized carbons (Fsp3) is 0.188. The molecule has 2 nitrogen and oxygen atoms in total. The first kappa shape index (κ1) is 15.1. The monoisotopic (exact) mass is 349 g/mol. The summed E-state index contributed by atoms with van der Waals surface area (Å²) in [7, 11) is 0. The molecule has 0 aliphatic heterocycles. The van der Waals surface area contributed by atoms with Gasteiger partial charge < -0.3 is 5.32 Å². The van der Waals surface area contributed by atoms with Crippen LogP contribution in [0.15, 0.2) is 64.0 Å².